The van der Waals surface area contributed by atoms with Crippen LogP contribution < -0.4 is 37.6 Å². The van der Waals surface area contributed by atoms with E-state index in [1.165, 1.54) is 44.9 Å². The quantitative estimate of drug-likeness (QED) is 0.0261. The number of aromatic nitrogens is 3. The Hall–Kier alpha value is -10.2. The smallest absolute Gasteiger partial charge is 0.411 e. The van der Waals surface area contributed by atoms with Crippen molar-refractivity contribution in [2.75, 3.05) is 18.4 Å². The Labute approximate surface area is 805 Å². The predicted octanol–water partition coefficient (Wildman–Crippen LogP) is 26.9. The number of anilines is 1. The molecule has 32 nitrogen and oxygen atoms in total. The molecule has 0 spiro atoms. The van der Waals surface area contributed by atoms with Gasteiger partial charge in [-0.15, -0.1) is 0 Å². The Morgan fingerprint density at radius 1 is 0.417 bits per heavy atom. The lowest BCUT2D eigenvalue weighted by Crippen LogP contribution is -2.41. The zero-order chi connectivity index (χ0) is 93.2. The molecule has 2 aliphatic rings. The third kappa shape index (κ3) is 112. The maximum Gasteiger partial charge on any atom is 0.411 e. The minimum absolute atomic E-state index is 0. The molecular formula is C100H204N10O22. The summed E-state index contributed by atoms with van der Waals surface area (Å²) in [4.78, 5) is 125. The number of alkyl carbamates (subject to hydrolysis) is 5. The van der Waals surface area contributed by atoms with Gasteiger partial charge in [0, 0.05) is 68.0 Å². The van der Waals surface area contributed by atoms with Crippen LogP contribution in [0.5, 0.6) is 0 Å². The molecule has 0 saturated heterocycles. The molecule has 0 unspecified atom stereocenters. The second-order valence-corrected chi connectivity index (χ2v) is 31.7. The van der Waals surface area contributed by atoms with E-state index in [1.807, 2.05) is 250 Å². The van der Waals surface area contributed by atoms with E-state index in [1.54, 1.807) is 48.9 Å². The van der Waals surface area contributed by atoms with Gasteiger partial charge in [-0.1, -0.05) is 146 Å². The van der Waals surface area contributed by atoms with Crippen molar-refractivity contribution < 1.29 is 105 Å². The average molecular weight is 1900 g/mol. The molecule has 32 heteroatoms. The molecule has 4 aromatic rings. The summed E-state index contributed by atoms with van der Waals surface area (Å²) in [5.41, 5.74) is 7.72. The SMILES string of the molecule is C.C.C.C.C.C.C.C.C.C.C.C.CC(C)NC(=O)OC(C)C.CC(C)OC(=O)CC1CCCC1.CC(C)OC(=O)NC(C)(C)C.CC(C)OC(=O)NC1CCCCC1.CC(C)OC(=O)Nc1ccccc1.CC(C)OC(=O)c1ccc[nH]1.CC(C)OC(=O)c1cccn1C.CC(C)OC(N)=O.CCCNC(=O)OC(C)C.CCNC(=O)OC(C)C.Cc1ccc(C(=O)OC(C)C)[nH]1. The third-order valence-electron chi connectivity index (χ3n) is 13.4. The Kier molecular flexibility index (Phi) is 119. The van der Waals surface area contributed by atoms with Crippen LogP contribution >= 0.6 is 0 Å². The van der Waals surface area contributed by atoms with Crippen molar-refractivity contribution in [3.63, 3.8) is 0 Å². The first-order chi connectivity index (χ1) is 55.7. The number of amides is 7. The number of benzene rings is 1. The number of nitrogens with two attached hydrogens (primary N) is 1. The number of ether oxygens (including phenoxy) is 11. The van der Waals surface area contributed by atoms with Crippen molar-refractivity contribution in [1.29, 1.82) is 0 Å². The van der Waals surface area contributed by atoms with Gasteiger partial charge in [0.15, 0.2) is 0 Å². The van der Waals surface area contributed by atoms with E-state index in [0.29, 0.717) is 48.6 Å². The summed E-state index contributed by atoms with van der Waals surface area (Å²) in [5.74, 6) is -0.270. The highest BCUT2D eigenvalue weighted by atomic mass is 16.6. The first-order valence-corrected chi connectivity index (χ1v) is 41.8. The number of esters is 4. The number of rotatable bonds is 22. The number of nitrogens with one attached hydrogen (secondary N) is 8. The molecule has 3 heterocycles. The molecule has 0 bridgehead atoms. The lowest BCUT2D eigenvalue weighted by atomic mass is 9.96. The summed E-state index contributed by atoms with van der Waals surface area (Å²) in [5, 5.41) is 15.9. The molecule has 1 aromatic carbocycles. The maximum absolute atomic E-state index is 11.3. The predicted molar refractivity (Wildman–Crippen MR) is 551 cm³/mol. The molecule has 7 amide bonds. The number of carbonyl (C=O) groups excluding carboxylic acids is 11. The number of aryl methyl sites for hydroxylation is 2. The number of hydrogen-bond acceptors (Lipinski definition) is 22. The zero-order valence-electron chi connectivity index (χ0n) is 78.3. The van der Waals surface area contributed by atoms with Crippen LogP contribution in [0.3, 0.4) is 0 Å². The van der Waals surface area contributed by atoms with Gasteiger partial charge in [0.05, 0.1) is 67.1 Å². The van der Waals surface area contributed by atoms with E-state index in [-0.39, 0.29) is 222 Å². The zero-order valence-corrected chi connectivity index (χ0v) is 78.3. The minimum atomic E-state index is -0.713. The second-order valence-electron chi connectivity index (χ2n) is 31.7. The fourth-order valence-electron chi connectivity index (χ4n) is 9.04. The molecule has 2 aliphatic carbocycles. The Balaban J connectivity index is -0.0000000730. The Bertz CT molecular complexity index is 3320. The van der Waals surface area contributed by atoms with Crippen molar-refractivity contribution >= 4 is 72.2 Å². The van der Waals surface area contributed by atoms with E-state index >= 15 is 0 Å². The van der Waals surface area contributed by atoms with Crippen molar-refractivity contribution in [1.82, 2.24) is 41.1 Å². The fraction of sp³-hybridized carbons (Fsp3) is 0.710. The molecule has 10 N–H and O–H groups in total. The number of aromatic amines is 2. The van der Waals surface area contributed by atoms with Crippen molar-refractivity contribution in [3.05, 3.63) is 102 Å². The molecule has 0 atom stereocenters. The normalized spacial score (nSPS) is 10.8. The fourth-order valence-corrected chi connectivity index (χ4v) is 9.04. The summed E-state index contributed by atoms with van der Waals surface area (Å²) in [6, 6.07) is 20.3. The molecule has 2 fully saturated rings. The molecule has 132 heavy (non-hydrogen) atoms. The van der Waals surface area contributed by atoms with Gasteiger partial charge in [0.25, 0.3) is 0 Å². The molecular weight excluding hydrogens is 1690 g/mol. The van der Waals surface area contributed by atoms with Crippen molar-refractivity contribution in [2.45, 2.75) is 452 Å². The van der Waals surface area contributed by atoms with Crippen LogP contribution in [-0.2, 0) is 63.9 Å². The van der Waals surface area contributed by atoms with Gasteiger partial charge >= 0.3 is 66.5 Å². The third-order valence-corrected chi connectivity index (χ3v) is 13.4. The van der Waals surface area contributed by atoms with Crippen LogP contribution in [0.2, 0.25) is 0 Å². The van der Waals surface area contributed by atoms with Gasteiger partial charge in [-0.2, -0.15) is 0 Å². The number of hydrogen-bond donors (Lipinski definition) is 9. The van der Waals surface area contributed by atoms with Crippen LogP contribution in [0.15, 0.2) is 79.1 Å². The summed E-state index contributed by atoms with van der Waals surface area (Å²) in [6.07, 6.45) is 12.8. The minimum Gasteiger partial charge on any atom is -0.463 e. The Morgan fingerprint density at radius 2 is 0.803 bits per heavy atom. The summed E-state index contributed by atoms with van der Waals surface area (Å²) in [7, 11) is 1.82. The van der Waals surface area contributed by atoms with Gasteiger partial charge in [0.1, 0.15) is 17.1 Å². The average Bonchev–Trinajstić information content (AvgIpc) is 1.75. The summed E-state index contributed by atoms with van der Waals surface area (Å²) >= 11 is 0. The first-order valence-electron chi connectivity index (χ1n) is 41.8. The van der Waals surface area contributed by atoms with Gasteiger partial charge < -0.3 is 99.0 Å². The number of para-hydroxylation sites is 1. The van der Waals surface area contributed by atoms with Gasteiger partial charge in [0.2, 0.25) is 0 Å². The number of H-pyrrole nitrogens is 2. The monoisotopic (exact) mass is 1900 g/mol. The van der Waals surface area contributed by atoms with E-state index in [2.05, 4.69) is 52.3 Å². The maximum atomic E-state index is 11.3. The second kappa shape index (κ2) is 96.9. The van der Waals surface area contributed by atoms with Crippen molar-refractivity contribution in [3.8, 4) is 0 Å². The molecule has 6 rings (SSSR count). The van der Waals surface area contributed by atoms with Gasteiger partial charge in [-0.3, -0.25) is 10.1 Å². The van der Waals surface area contributed by atoms with Crippen LogP contribution in [-0.4, -0.2) is 179 Å². The topological polar surface area (TPSA) is 424 Å². The summed E-state index contributed by atoms with van der Waals surface area (Å²) in [6.45, 7) is 56.7. The highest BCUT2D eigenvalue weighted by Crippen LogP contribution is 2.28. The number of primary amides is 1. The highest BCUT2D eigenvalue weighted by Gasteiger charge is 2.21. The van der Waals surface area contributed by atoms with E-state index in [9.17, 15) is 52.7 Å². The lowest BCUT2D eigenvalue weighted by molar-refractivity contribution is -0.148. The molecule has 0 radical (unpaired) electrons. The molecule has 3 aromatic heterocycles. The van der Waals surface area contributed by atoms with E-state index in [0.717, 1.165) is 30.6 Å². The van der Waals surface area contributed by atoms with Gasteiger partial charge in [-0.25, -0.2) is 47.9 Å². The molecule has 0 aliphatic heterocycles. The summed E-state index contributed by atoms with van der Waals surface area (Å²) < 4.78 is 55.3. The molecule has 2 saturated carbocycles. The first kappa shape index (κ1) is 162. The molecule has 786 valence electrons. The largest absolute Gasteiger partial charge is 0.463 e. The lowest BCUT2D eigenvalue weighted by Gasteiger charge is -2.22. The number of nitrogens with zero attached hydrogens (tertiary/aromatic N) is 1. The standard InChI is InChI=1S/C10H19NO2.C10H13NO2.C10H18O2.2C9H13NO2.C8H11NO2.C8H17NO2.2C7H15NO2.C6H13NO2.C4H9NO2.12CH4/c2*1-8(2)13-10(12)11-9-6-4-3-5-7-9;1-8(2)12-10(11)7-9-5-3-4-6-9;1-7(2)12-9(11)8-5-4-6-10(8)3;1-6(2)12-9(11)8-5-4-7(3)10-8;1-6(2)11-8(10)7-4-3-5-9-7;1-6(2)11-7(10)9-8(3,4)5;1-5(2)8-7(9)10-6(3)4;1-4-5-8-7(9)10-6(2)3;1-4-7-6(8)9-5(2)3;1-3(2)7-4(5)6;;;;;;;;;;;;/h8-9H,3-7H2,1-2H3,(H,11,12);3-8H,1-2H3,(H,11,12);8-9H,3-7H2,1-2H3;4-7H,1-3H3;4-6,10H,1-3H3;3-6,9H,1-2H3;6H,1-5H3,(H,9,10);5-6H,1-4H3,(H,8,9);6H,4-5H2,1-3H3,(H,8,9);5H,4H2,1-3H3,(H,7,8);3H,1-2H3,(H2,5,6);12*1H4. The van der Waals surface area contributed by atoms with Crippen LogP contribution in [0.4, 0.5) is 39.2 Å². The van der Waals surface area contributed by atoms with Gasteiger partial charge in [-0.05, 0) is 287 Å². The Morgan fingerprint density at radius 3 is 1.15 bits per heavy atom. The van der Waals surface area contributed by atoms with E-state index in [4.69, 9.17) is 47.4 Å². The van der Waals surface area contributed by atoms with Crippen LogP contribution in [0.25, 0.3) is 0 Å². The van der Waals surface area contributed by atoms with Crippen LogP contribution in [0, 0.1) is 12.8 Å². The highest BCUT2D eigenvalue weighted by molar-refractivity contribution is 5.89. The van der Waals surface area contributed by atoms with Crippen molar-refractivity contribution in [2.24, 2.45) is 18.7 Å². The number of carbonyl (C=O) groups is 11. The van der Waals surface area contributed by atoms with Crippen LogP contribution in [0.1, 0.15) is 398 Å². The van der Waals surface area contributed by atoms with E-state index < -0.39 is 12.2 Å².